The normalized spacial score (nSPS) is 18.9. The predicted octanol–water partition coefficient (Wildman–Crippen LogP) is 1.85. The number of anilines is 1. The second-order valence-electron chi connectivity index (χ2n) is 7.74. The van der Waals surface area contributed by atoms with Crippen molar-refractivity contribution in [3.05, 3.63) is 33.9 Å². The van der Waals surface area contributed by atoms with Crippen molar-refractivity contribution in [2.75, 3.05) is 38.2 Å². The number of amides is 2. The van der Waals surface area contributed by atoms with Gasteiger partial charge in [0.1, 0.15) is 0 Å². The highest BCUT2D eigenvalue weighted by atomic mass is 16.6. The number of aryl methyl sites for hydroxylation is 1. The third kappa shape index (κ3) is 5.74. The van der Waals surface area contributed by atoms with Crippen LogP contribution in [0.3, 0.4) is 0 Å². The minimum Gasteiger partial charge on any atom is -0.381 e. The number of non-ortho nitro benzene ring substituents is 1. The summed E-state index contributed by atoms with van der Waals surface area (Å²) in [6, 6.07) is 4.76. The zero-order chi connectivity index (χ0) is 20.8. The molecule has 2 fully saturated rings. The largest absolute Gasteiger partial charge is 0.381 e. The number of ether oxygens (including phenoxy) is 1. The van der Waals surface area contributed by atoms with E-state index < -0.39 is 16.7 Å². The number of piperidine rings is 1. The fraction of sp³-hybridized carbons (Fsp3) is 0.600. The van der Waals surface area contributed by atoms with Crippen LogP contribution in [0.1, 0.15) is 31.2 Å². The van der Waals surface area contributed by atoms with E-state index in [0.717, 1.165) is 52.0 Å². The maximum absolute atomic E-state index is 12.2. The third-order valence-electron chi connectivity index (χ3n) is 5.79. The molecule has 2 saturated heterocycles. The van der Waals surface area contributed by atoms with E-state index in [2.05, 4.69) is 15.5 Å². The molecule has 29 heavy (non-hydrogen) atoms. The van der Waals surface area contributed by atoms with E-state index in [4.69, 9.17) is 4.74 Å². The molecule has 2 amide bonds. The summed E-state index contributed by atoms with van der Waals surface area (Å²) < 4.78 is 5.42. The molecule has 1 aromatic carbocycles. The highest BCUT2D eigenvalue weighted by molar-refractivity contribution is 6.39. The summed E-state index contributed by atoms with van der Waals surface area (Å²) in [5, 5.41) is 16.1. The van der Waals surface area contributed by atoms with E-state index in [9.17, 15) is 19.7 Å². The van der Waals surface area contributed by atoms with Crippen molar-refractivity contribution in [1.29, 1.82) is 0 Å². The average molecular weight is 404 g/mol. The molecule has 0 aromatic heterocycles. The maximum Gasteiger partial charge on any atom is 0.313 e. The first-order chi connectivity index (χ1) is 13.9. The number of hydrogen-bond donors (Lipinski definition) is 2. The van der Waals surface area contributed by atoms with Gasteiger partial charge >= 0.3 is 11.8 Å². The smallest absolute Gasteiger partial charge is 0.313 e. The zero-order valence-corrected chi connectivity index (χ0v) is 16.7. The number of benzene rings is 1. The van der Waals surface area contributed by atoms with Gasteiger partial charge in [-0.2, -0.15) is 0 Å². The Bertz CT molecular complexity index is 755. The van der Waals surface area contributed by atoms with Crippen LogP contribution in [0.2, 0.25) is 0 Å². The molecule has 3 rings (SSSR count). The lowest BCUT2D eigenvalue weighted by Gasteiger charge is -2.39. The Kier molecular flexibility index (Phi) is 7.16. The topological polar surface area (TPSA) is 114 Å². The average Bonchev–Trinajstić information content (AvgIpc) is 2.74. The van der Waals surface area contributed by atoms with Crippen LogP contribution in [0, 0.1) is 23.0 Å². The summed E-state index contributed by atoms with van der Waals surface area (Å²) in [5.41, 5.74) is 0.781. The first-order valence-electron chi connectivity index (χ1n) is 10.1. The van der Waals surface area contributed by atoms with Gasteiger partial charge in [0.2, 0.25) is 0 Å². The van der Waals surface area contributed by atoms with Gasteiger partial charge in [0.25, 0.3) is 5.69 Å². The third-order valence-corrected chi connectivity index (χ3v) is 5.79. The molecular formula is C20H28N4O5. The van der Waals surface area contributed by atoms with Gasteiger partial charge in [-0.25, -0.2) is 0 Å². The van der Waals surface area contributed by atoms with Crippen LogP contribution in [-0.2, 0) is 14.3 Å². The summed E-state index contributed by atoms with van der Waals surface area (Å²) in [7, 11) is 0. The van der Waals surface area contributed by atoms with Crippen molar-refractivity contribution in [2.45, 2.75) is 38.6 Å². The van der Waals surface area contributed by atoms with Crippen LogP contribution in [0.25, 0.3) is 0 Å². The van der Waals surface area contributed by atoms with Crippen LogP contribution in [0.4, 0.5) is 11.4 Å². The van der Waals surface area contributed by atoms with E-state index in [1.165, 1.54) is 18.2 Å². The predicted molar refractivity (Wildman–Crippen MR) is 108 cm³/mol. The molecule has 9 heteroatoms. The Morgan fingerprint density at radius 3 is 2.52 bits per heavy atom. The number of rotatable bonds is 5. The minimum atomic E-state index is -0.812. The van der Waals surface area contributed by atoms with Gasteiger partial charge < -0.3 is 20.3 Å². The molecule has 9 nitrogen and oxygen atoms in total. The number of hydrogen-bond acceptors (Lipinski definition) is 6. The number of likely N-dealkylation sites (tertiary alicyclic amines) is 1. The van der Waals surface area contributed by atoms with Crippen LogP contribution in [0.15, 0.2) is 18.2 Å². The molecule has 0 aliphatic carbocycles. The Morgan fingerprint density at radius 2 is 1.86 bits per heavy atom. The van der Waals surface area contributed by atoms with E-state index >= 15 is 0 Å². The first-order valence-corrected chi connectivity index (χ1v) is 10.1. The van der Waals surface area contributed by atoms with Gasteiger partial charge in [-0.05, 0) is 57.2 Å². The molecule has 0 spiro atoms. The van der Waals surface area contributed by atoms with Gasteiger partial charge in [-0.1, -0.05) is 6.07 Å². The molecule has 0 atom stereocenters. The van der Waals surface area contributed by atoms with Crippen molar-refractivity contribution in [1.82, 2.24) is 10.2 Å². The van der Waals surface area contributed by atoms with Crippen molar-refractivity contribution in [3.8, 4) is 0 Å². The summed E-state index contributed by atoms with van der Waals surface area (Å²) in [4.78, 5) is 37.2. The number of nitrogens with one attached hydrogen (secondary N) is 2. The van der Waals surface area contributed by atoms with Gasteiger partial charge in [0.15, 0.2) is 0 Å². The highest BCUT2D eigenvalue weighted by Gasteiger charge is 2.27. The lowest BCUT2D eigenvalue weighted by molar-refractivity contribution is -0.384. The Hall–Kier alpha value is -2.52. The molecular weight excluding hydrogens is 376 g/mol. The Balaban J connectivity index is 1.43. The van der Waals surface area contributed by atoms with Crippen molar-refractivity contribution in [2.24, 2.45) is 5.92 Å². The molecule has 0 unspecified atom stereocenters. The van der Waals surface area contributed by atoms with Crippen LogP contribution in [0.5, 0.6) is 0 Å². The fourth-order valence-corrected chi connectivity index (χ4v) is 3.93. The van der Waals surface area contributed by atoms with Crippen molar-refractivity contribution >= 4 is 23.2 Å². The molecule has 2 aliphatic rings. The Morgan fingerprint density at radius 1 is 1.17 bits per heavy atom. The number of carbonyl (C=O) groups excluding carboxylic acids is 2. The number of carbonyl (C=O) groups is 2. The second-order valence-corrected chi connectivity index (χ2v) is 7.74. The van der Waals surface area contributed by atoms with Gasteiger partial charge in [0.05, 0.1) is 10.6 Å². The quantitative estimate of drug-likeness (QED) is 0.440. The van der Waals surface area contributed by atoms with Crippen LogP contribution < -0.4 is 10.6 Å². The fourth-order valence-electron chi connectivity index (χ4n) is 3.93. The molecule has 2 N–H and O–H groups in total. The zero-order valence-electron chi connectivity index (χ0n) is 16.7. The summed E-state index contributed by atoms with van der Waals surface area (Å²) in [6.07, 6.45) is 4.14. The lowest BCUT2D eigenvalue weighted by atomic mass is 9.94. The first kappa shape index (κ1) is 21.2. The SMILES string of the molecule is Cc1ccc([N+](=O)[O-])cc1NC(=O)C(=O)NCC1CCN(C2CCOCC2)CC1. The van der Waals surface area contributed by atoms with Gasteiger partial charge in [-0.15, -0.1) is 0 Å². The summed E-state index contributed by atoms with van der Waals surface area (Å²) >= 11 is 0. The van der Waals surface area contributed by atoms with E-state index in [1.807, 2.05) is 0 Å². The number of nitrogens with zero attached hydrogens (tertiary/aromatic N) is 2. The highest BCUT2D eigenvalue weighted by Crippen LogP contribution is 2.23. The summed E-state index contributed by atoms with van der Waals surface area (Å²) in [6.45, 7) is 5.85. The van der Waals surface area contributed by atoms with E-state index in [0.29, 0.717) is 24.1 Å². The Labute approximate surface area is 169 Å². The summed E-state index contributed by atoms with van der Waals surface area (Å²) in [5.74, 6) is -1.18. The van der Waals surface area contributed by atoms with E-state index in [-0.39, 0.29) is 11.4 Å². The molecule has 0 bridgehead atoms. The van der Waals surface area contributed by atoms with Gasteiger partial charge in [-0.3, -0.25) is 19.7 Å². The second kappa shape index (κ2) is 9.80. The van der Waals surface area contributed by atoms with Crippen molar-refractivity contribution in [3.63, 3.8) is 0 Å². The van der Waals surface area contributed by atoms with Crippen molar-refractivity contribution < 1.29 is 19.2 Å². The molecule has 158 valence electrons. The molecule has 0 saturated carbocycles. The number of nitro benzene ring substituents is 1. The lowest BCUT2D eigenvalue weighted by Crippen LogP contribution is -2.46. The van der Waals surface area contributed by atoms with Crippen LogP contribution in [-0.4, -0.2) is 60.5 Å². The van der Waals surface area contributed by atoms with E-state index in [1.54, 1.807) is 6.92 Å². The maximum atomic E-state index is 12.2. The minimum absolute atomic E-state index is 0.136. The molecule has 1 aromatic rings. The molecule has 2 heterocycles. The molecule has 2 aliphatic heterocycles. The monoisotopic (exact) mass is 404 g/mol. The van der Waals surface area contributed by atoms with Gasteiger partial charge in [0, 0.05) is 37.9 Å². The molecule has 0 radical (unpaired) electrons. The standard InChI is InChI=1S/C20H28N4O5/c1-14-2-3-17(24(27)28)12-18(14)22-20(26)19(25)21-13-15-4-8-23(9-5-15)16-6-10-29-11-7-16/h2-3,12,15-16H,4-11,13H2,1H3,(H,21,25)(H,22,26). The number of nitro groups is 1. The van der Waals surface area contributed by atoms with Crippen LogP contribution >= 0.6 is 0 Å².